The van der Waals surface area contributed by atoms with Gasteiger partial charge in [0.2, 0.25) is 0 Å². The molecule has 2 atom stereocenters. The summed E-state index contributed by atoms with van der Waals surface area (Å²) in [4.78, 5) is 15.4. The van der Waals surface area contributed by atoms with E-state index in [-0.39, 0.29) is 11.9 Å². The molecule has 0 spiro atoms. The molecule has 2 aromatic rings. The summed E-state index contributed by atoms with van der Waals surface area (Å²) in [7, 11) is 0. The molecular weight excluding hydrogens is 356 g/mol. The number of rotatable bonds is 4. The Hall–Kier alpha value is -1.84. The van der Waals surface area contributed by atoms with E-state index in [2.05, 4.69) is 22.3 Å². The smallest absolute Gasteiger partial charge is 0.251 e. The molecule has 3 nitrogen and oxygen atoms in total. The van der Waals surface area contributed by atoms with Crippen molar-refractivity contribution in [3.8, 4) is 0 Å². The summed E-state index contributed by atoms with van der Waals surface area (Å²) in [6, 6.07) is 17.3. The number of nitrogens with one attached hydrogen (secondary N) is 1. The van der Waals surface area contributed by atoms with Crippen LogP contribution in [0.15, 0.2) is 48.5 Å². The molecular formula is C23H27ClN2O. The minimum absolute atomic E-state index is 0.0655. The fraction of sp³-hybridized carbons (Fsp3) is 0.435. The Morgan fingerprint density at radius 1 is 1.07 bits per heavy atom. The minimum atomic E-state index is 0.0655. The maximum Gasteiger partial charge on any atom is 0.251 e. The number of halogens is 1. The second-order valence-corrected chi connectivity index (χ2v) is 8.37. The van der Waals surface area contributed by atoms with E-state index >= 15 is 0 Å². The lowest BCUT2D eigenvalue weighted by molar-refractivity contribution is 0.0177. The van der Waals surface area contributed by atoms with Crippen LogP contribution >= 0.6 is 11.6 Å². The summed E-state index contributed by atoms with van der Waals surface area (Å²) in [6.45, 7) is 2.91. The van der Waals surface area contributed by atoms with Crippen molar-refractivity contribution in [3.63, 3.8) is 0 Å². The van der Waals surface area contributed by atoms with Gasteiger partial charge in [-0.3, -0.25) is 9.69 Å². The van der Waals surface area contributed by atoms with Crippen molar-refractivity contribution in [1.29, 1.82) is 0 Å². The first kappa shape index (κ1) is 18.5. The molecule has 4 heteroatoms. The number of carbonyl (C=O) groups excluding carboxylic acids is 1. The monoisotopic (exact) mass is 382 g/mol. The normalized spacial score (nSPS) is 25.2. The van der Waals surface area contributed by atoms with Gasteiger partial charge in [-0.15, -0.1) is 0 Å². The SMILES string of the molecule is Cc1ccccc1C(=O)NC1C[C@H]2CCC[C@H](C1)N2Cc1ccccc1Cl. The molecule has 0 unspecified atom stereocenters. The van der Waals surface area contributed by atoms with E-state index in [4.69, 9.17) is 11.6 Å². The third-order valence-corrected chi connectivity index (χ3v) is 6.53. The van der Waals surface area contributed by atoms with Gasteiger partial charge in [-0.25, -0.2) is 0 Å². The van der Waals surface area contributed by atoms with Crippen molar-refractivity contribution in [1.82, 2.24) is 10.2 Å². The van der Waals surface area contributed by atoms with Gasteiger partial charge in [-0.1, -0.05) is 54.4 Å². The lowest BCUT2D eigenvalue weighted by Crippen LogP contribution is -2.56. The van der Waals surface area contributed by atoms with Gasteiger partial charge in [-0.05, 0) is 55.9 Å². The van der Waals surface area contributed by atoms with Gasteiger partial charge >= 0.3 is 0 Å². The highest BCUT2D eigenvalue weighted by Gasteiger charge is 2.38. The zero-order valence-corrected chi connectivity index (χ0v) is 16.6. The Bertz CT molecular complexity index is 808. The standard InChI is InChI=1S/C23H27ClN2O/c1-16-7-2-4-11-21(16)23(27)25-18-13-19-9-6-10-20(14-18)26(19)15-17-8-3-5-12-22(17)24/h2-5,7-8,11-12,18-20H,6,9-10,13-15H2,1H3,(H,25,27)/t19-,20-/m1/s1. The second-order valence-electron chi connectivity index (χ2n) is 7.96. The van der Waals surface area contributed by atoms with Gasteiger partial charge < -0.3 is 5.32 Å². The highest BCUT2D eigenvalue weighted by atomic mass is 35.5. The average Bonchev–Trinajstić information content (AvgIpc) is 2.64. The van der Waals surface area contributed by atoms with Gasteiger partial charge in [0.15, 0.2) is 0 Å². The van der Waals surface area contributed by atoms with Crippen LogP contribution in [0.5, 0.6) is 0 Å². The molecule has 0 radical (unpaired) electrons. The Labute approximate surface area is 166 Å². The summed E-state index contributed by atoms with van der Waals surface area (Å²) < 4.78 is 0. The second kappa shape index (κ2) is 8.04. The van der Waals surface area contributed by atoms with Crippen LogP contribution in [0.1, 0.15) is 53.6 Å². The van der Waals surface area contributed by atoms with Crippen molar-refractivity contribution in [2.75, 3.05) is 0 Å². The molecule has 2 aliphatic heterocycles. The Morgan fingerprint density at radius 2 is 1.74 bits per heavy atom. The molecule has 27 heavy (non-hydrogen) atoms. The van der Waals surface area contributed by atoms with Crippen LogP contribution in [-0.2, 0) is 6.54 Å². The zero-order valence-electron chi connectivity index (χ0n) is 15.8. The number of benzene rings is 2. The first-order chi connectivity index (χ1) is 13.1. The van der Waals surface area contributed by atoms with E-state index in [0.717, 1.165) is 35.5 Å². The molecule has 2 fully saturated rings. The fourth-order valence-electron chi connectivity index (χ4n) is 4.77. The molecule has 0 aromatic heterocycles. The topological polar surface area (TPSA) is 32.3 Å². The van der Waals surface area contributed by atoms with Crippen LogP contribution in [0.2, 0.25) is 5.02 Å². The van der Waals surface area contributed by atoms with Gasteiger partial charge in [-0.2, -0.15) is 0 Å². The van der Waals surface area contributed by atoms with Gasteiger partial charge in [0.05, 0.1) is 0 Å². The van der Waals surface area contributed by atoms with Gasteiger partial charge in [0, 0.05) is 35.3 Å². The highest BCUT2D eigenvalue weighted by molar-refractivity contribution is 6.31. The number of hydrogen-bond acceptors (Lipinski definition) is 2. The molecule has 0 aliphatic carbocycles. The highest BCUT2D eigenvalue weighted by Crippen LogP contribution is 2.36. The number of fused-ring (bicyclic) bond motifs is 2. The Morgan fingerprint density at radius 3 is 2.44 bits per heavy atom. The molecule has 2 bridgehead atoms. The molecule has 2 aromatic carbocycles. The average molecular weight is 383 g/mol. The predicted molar refractivity (Wildman–Crippen MR) is 110 cm³/mol. The van der Waals surface area contributed by atoms with E-state index in [1.807, 2.05) is 43.3 Å². The summed E-state index contributed by atoms with van der Waals surface area (Å²) in [6.07, 6.45) is 5.75. The maximum atomic E-state index is 12.7. The first-order valence-corrected chi connectivity index (χ1v) is 10.4. The molecule has 1 amide bonds. The summed E-state index contributed by atoms with van der Waals surface area (Å²) in [5.41, 5.74) is 3.03. The molecule has 2 heterocycles. The number of amides is 1. The number of aryl methyl sites for hydroxylation is 1. The molecule has 142 valence electrons. The van der Waals surface area contributed by atoms with Crippen LogP contribution < -0.4 is 5.32 Å². The quantitative estimate of drug-likeness (QED) is 0.810. The number of nitrogens with zero attached hydrogens (tertiary/aromatic N) is 1. The number of hydrogen-bond donors (Lipinski definition) is 1. The van der Waals surface area contributed by atoms with Gasteiger partial charge in [0.1, 0.15) is 0 Å². The first-order valence-electron chi connectivity index (χ1n) is 9.97. The van der Waals surface area contributed by atoms with Crippen LogP contribution in [-0.4, -0.2) is 28.9 Å². The third-order valence-electron chi connectivity index (χ3n) is 6.16. The minimum Gasteiger partial charge on any atom is -0.349 e. The summed E-state index contributed by atoms with van der Waals surface area (Å²) in [5.74, 6) is 0.0655. The van der Waals surface area contributed by atoms with E-state index in [1.54, 1.807) is 0 Å². The van der Waals surface area contributed by atoms with Crippen LogP contribution in [0.4, 0.5) is 0 Å². The van der Waals surface area contributed by atoms with E-state index in [0.29, 0.717) is 12.1 Å². The predicted octanol–water partition coefficient (Wildman–Crippen LogP) is 4.96. The molecule has 4 rings (SSSR count). The number of carbonyl (C=O) groups is 1. The van der Waals surface area contributed by atoms with Crippen molar-refractivity contribution >= 4 is 17.5 Å². The molecule has 2 saturated heterocycles. The molecule has 2 aliphatic rings. The Balaban J connectivity index is 1.44. The van der Waals surface area contributed by atoms with Crippen LogP contribution in [0.3, 0.4) is 0 Å². The largest absolute Gasteiger partial charge is 0.349 e. The summed E-state index contributed by atoms with van der Waals surface area (Å²) in [5, 5.41) is 4.16. The number of piperidine rings is 2. The van der Waals surface area contributed by atoms with Gasteiger partial charge in [0.25, 0.3) is 5.91 Å². The van der Waals surface area contributed by atoms with Crippen molar-refractivity contribution in [2.24, 2.45) is 0 Å². The summed E-state index contributed by atoms with van der Waals surface area (Å²) >= 11 is 6.40. The molecule has 1 N–H and O–H groups in total. The van der Waals surface area contributed by atoms with Crippen molar-refractivity contribution in [2.45, 2.75) is 63.7 Å². The third kappa shape index (κ3) is 4.04. The fourth-order valence-corrected chi connectivity index (χ4v) is 4.96. The van der Waals surface area contributed by atoms with Crippen molar-refractivity contribution in [3.05, 3.63) is 70.2 Å². The molecule has 0 saturated carbocycles. The van der Waals surface area contributed by atoms with E-state index < -0.39 is 0 Å². The van der Waals surface area contributed by atoms with Crippen LogP contribution in [0.25, 0.3) is 0 Å². The van der Waals surface area contributed by atoms with E-state index in [1.165, 1.54) is 24.8 Å². The zero-order chi connectivity index (χ0) is 18.8. The Kier molecular flexibility index (Phi) is 5.51. The van der Waals surface area contributed by atoms with Crippen LogP contribution in [0, 0.1) is 6.92 Å². The van der Waals surface area contributed by atoms with Crippen molar-refractivity contribution < 1.29 is 4.79 Å². The lowest BCUT2D eigenvalue weighted by Gasteiger charge is -2.49. The lowest BCUT2D eigenvalue weighted by atomic mass is 9.81. The van der Waals surface area contributed by atoms with E-state index in [9.17, 15) is 4.79 Å². The maximum absolute atomic E-state index is 12.7.